The van der Waals surface area contributed by atoms with Gasteiger partial charge < -0.3 is 14.4 Å². The lowest BCUT2D eigenvalue weighted by Gasteiger charge is -2.25. The molecule has 0 bridgehead atoms. The highest BCUT2D eigenvalue weighted by Gasteiger charge is 2.30. The van der Waals surface area contributed by atoms with Crippen LogP contribution in [-0.4, -0.2) is 56.9 Å². The molecule has 0 saturated heterocycles. The summed E-state index contributed by atoms with van der Waals surface area (Å²) >= 11 is 0. The molecular formula is C12H26N4O2. The van der Waals surface area contributed by atoms with Gasteiger partial charge in [0.15, 0.2) is 0 Å². The number of rotatable bonds is 9. The first-order valence-corrected chi connectivity index (χ1v) is 6.67. The van der Waals surface area contributed by atoms with Crippen LogP contribution in [-0.2, 0) is 9.47 Å². The Kier molecular flexibility index (Phi) is 7.71. The summed E-state index contributed by atoms with van der Waals surface area (Å²) < 4.78 is 10.4. The Morgan fingerprint density at radius 1 is 1.44 bits per heavy atom. The van der Waals surface area contributed by atoms with Crippen molar-refractivity contribution in [2.45, 2.75) is 32.2 Å². The van der Waals surface area contributed by atoms with Crippen LogP contribution in [0.5, 0.6) is 0 Å². The predicted molar refractivity (Wildman–Crippen MR) is 72.3 cm³/mol. The SMILES string of the molecule is CCOCCCN=C(NN)N(CCOC)C1CC1. The average molecular weight is 258 g/mol. The zero-order valence-electron chi connectivity index (χ0n) is 11.5. The predicted octanol–water partition coefficient (Wildman–Crippen LogP) is 0.343. The maximum atomic E-state index is 5.56. The lowest BCUT2D eigenvalue weighted by atomic mass is 10.4. The van der Waals surface area contributed by atoms with Crippen LogP contribution in [0.2, 0.25) is 0 Å². The van der Waals surface area contributed by atoms with Gasteiger partial charge in [-0.05, 0) is 26.2 Å². The largest absolute Gasteiger partial charge is 0.383 e. The van der Waals surface area contributed by atoms with Crippen molar-refractivity contribution in [3.8, 4) is 0 Å². The van der Waals surface area contributed by atoms with Gasteiger partial charge in [0.05, 0.1) is 6.61 Å². The maximum Gasteiger partial charge on any atom is 0.208 e. The van der Waals surface area contributed by atoms with Crippen molar-refractivity contribution in [3.63, 3.8) is 0 Å². The molecule has 0 amide bonds. The summed E-state index contributed by atoms with van der Waals surface area (Å²) in [6.07, 6.45) is 3.34. The standard InChI is InChI=1S/C12H26N4O2/c1-3-18-9-4-7-14-12(15-13)16(8-10-17-2)11-5-6-11/h11H,3-10,13H2,1-2H3,(H,14,15). The van der Waals surface area contributed by atoms with Gasteiger partial charge in [-0.3, -0.25) is 10.4 Å². The quantitative estimate of drug-likeness (QED) is 0.205. The summed E-state index contributed by atoms with van der Waals surface area (Å²) in [7, 11) is 1.71. The summed E-state index contributed by atoms with van der Waals surface area (Å²) in [6.45, 7) is 5.75. The summed E-state index contributed by atoms with van der Waals surface area (Å²) in [4.78, 5) is 6.70. The van der Waals surface area contributed by atoms with Gasteiger partial charge in [-0.2, -0.15) is 0 Å². The molecule has 18 heavy (non-hydrogen) atoms. The molecule has 0 aliphatic heterocycles. The Balaban J connectivity index is 2.36. The van der Waals surface area contributed by atoms with E-state index in [1.807, 2.05) is 6.92 Å². The summed E-state index contributed by atoms with van der Waals surface area (Å²) in [6, 6.07) is 0.571. The highest BCUT2D eigenvalue weighted by atomic mass is 16.5. The second-order valence-electron chi connectivity index (χ2n) is 4.32. The molecule has 0 aromatic heterocycles. The Morgan fingerprint density at radius 2 is 2.22 bits per heavy atom. The van der Waals surface area contributed by atoms with E-state index in [9.17, 15) is 0 Å². The third-order valence-electron chi connectivity index (χ3n) is 2.84. The van der Waals surface area contributed by atoms with E-state index in [0.29, 0.717) is 12.6 Å². The summed E-state index contributed by atoms with van der Waals surface area (Å²) in [5.41, 5.74) is 2.70. The summed E-state index contributed by atoms with van der Waals surface area (Å²) in [5, 5.41) is 0. The van der Waals surface area contributed by atoms with Crippen molar-refractivity contribution in [1.29, 1.82) is 0 Å². The number of hydrogen-bond acceptors (Lipinski definition) is 4. The van der Waals surface area contributed by atoms with Gasteiger partial charge in [0.25, 0.3) is 0 Å². The van der Waals surface area contributed by atoms with E-state index in [-0.39, 0.29) is 0 Å². The van der Waals surface area contributed by atoms with Gasteiger partial charge >= 0.3 is 0 Å². The van der Waals surface area contributed by atoms with Crippen LogP contribution in [0.3, 0.4) is 0 Å². The number of aliphatic imine (C=N–C) groups is 1. The molecule has 0 aromatic rings. The van der Waals surface area contributed by atoms with Gasteiger partial charge in [0.1, 0.15) is 0 Å². The van der Waals surface area contributed by atoms with Crippen molar-refractivity contribution < 1.29 is 9.47 Å². The molecule has 0 radical (unpaired) electrons. The van der Waals surface area contributed by atoms with Crippen molar-refractivity contribution in [2.75, 3.05) is 40.0 Å². The van der Waals surface area contributed by atoms with Crippen LogP contribution in [0.1, 0.15) is 26.2 Å². The average Bonchev–Trinajstić information content (AvgIpc) is 3.21. The van der Waals surface area contributed by atoms with Gasteiger partial charge in [-0.1, -0.05) is 0 Å². The van der Waals surface area contributed by atoms with Crippen LogP contribution in [0.4, 0.5) is 0 Å². The Labute approximate surface area is 109 Å². The minimum Gasteiger partial charge on any atom is -0.383 e. The molecule has 1 saturated carbocycles. The first kappa shape index (κ1) is 15.2. The second-order valence-corrected chi connectivity index (χ2v) is 4.32. The smallest absolute Gasteiger partial charge is 0.208 e. The highest BCUT2D eigenvalue weighted by molar-refractivity contribution is 5.80. The molecule has 1 aliphatic rings. The van der Waals surface area contributed by atoms with Crippen LogP contribution < -0.4 is 11.3 Å². The minimum atomic E-state index is 0.571. The van der Waals surface area contributed by atoms with E-state index >= 15 is 0 Å². The third-order valence-corrected chi connectivity index (χ3v) is 2.84. The van der Waals surface area contributed by atoms with Crippen LogP contribution >= 0.6 is 0 Å². The number of hydrogen-bond donors (Lipinski definition) is 2. The second kappa shape index (κ2) is 9.13. The van der Waals surface area contributed by atoms with Gasteiger partial charge in [-0.25, -0.2) is 5.84 Å². The van der Waals surface area contributed by atoms with E-state index in [1.165, 1.54) is 12.8 Å². The zero-order valence-corrected chi connectivity index (χ0v) is 11.5. The van der Waals surface area contributed by atoms with Crippen molar-refractivity contribution in [1.82, 2.24) is 10.3 Å². The fourth-order valence-corrected chi connectivity index (χ4v) is 1.75. The Bertz CT molecular complexity index is 244. The maximum absolute atomic E-state index is 5.56. The molecule has 6 heteroatoms. The van der Waals surface area contributed by atoms with E-state index < -0.39 is 0 Å². The number of nitrogens with zero attached hydrogens (tertiary/aromatic N) is 2. The van der Waals surface area contributed by atoms with Crippen molar-refractivity contribution in [3.05, 3.63) is 0 Å². The minimum absolute atomic E-state index is 0.571. The fourth-order valence-electron chi connectivity index (χ4n) is 1.75. The molecule has 1 fully saturated rings. The lowest BCUT2D eigenvalue weighted by molar-refractivity contribution is 0.146. The number of hydrazine groups is 1. The molecule has 106 valence electrons. The van der Waals surface area contributed by atoms with Crippen molar-refractivity contribution >= 4 is 5.96 Å². The number of ether oxygens (including phenoxy) is 2. The molecule has 0 aromatic carbocycles. The number of guanidine groups is 1. The van der Waals surface area contributed by atoms with Gasteiger partial charge in [0, 0.05) is 39.5 Å². The zero-order chi connectivity index (χ0) is 13.2. The van der Waals surface area contributed by atoms with Crippen molar-refractivity contribution in [2.24, 2.45) is 10.8 Å². The molecule has 1 rings (SSSR count). The van der Waals surface area contributed by atoms with Gasteiger partial charge in [0.2, 0.25) is 5.96 Å². The number of nitrogens with one attached hydrogen (secondary N) is 1. The Morgan fingerprint density at radius 3 is 2.78 bits per heavy atom. The molecule has 0 atom stereocenters. The molecule has 0 spiro atoms. The molecule has 0 unspecified atom stereocenters. The first-order chi connectivity index (χ1) is 8.83. The number of nitrogens with two attached hydrogens (primary N) is 1. The Hall–Kier alpha value is -0.850. The molecule has 1 aliphatic carbocycles. The first-order valence-electron chi connectivity index (χ1n) is 6.67. The molecule has 6 nitrogen and oxygen atoms in total. The lowest BCUT2D eigenvalue weighted by Crippen LogP contribution is -2.47. The van der Waals surface area contributed by atoms with Gasteiger partial charge in [-0.15, -0.1) is 0 Å². The normalized spacial score (nSPS) is 15.8. The molecular weight excluding hydrogens is 232 g/mol. The highest BCUT2D eigenvalue weighted by Crippen LogP contribution is 2.26. The van der Waals surface area contributed by atoms with E-state index in [0.717, 1.165) is 38.7 Å². The van der Waals surface area contributed by atoms with E-state index in [1.54, 1.807) is 7.11 Å². The van der Waals surface area contributed by atoms with E-state index in [2.05, 4.69) is 15.3 Å². The third kappa shape index (κ3) is 5.66. The van der Waals surface area contributed by atoms with Crippen LogP contribution in [0, 0.1) is 0 Å². The van der Waals surface area contributed by atoms with Crippen LogP contribution in [0.15, 0.2) is 4.99 Å². The molecule has 0 heterocycles. The molecule has 3 N–H and O–H groups in total. The topological polar surface area (TPSA) is 72.1 Å². The van der Waals surface area contributed by atoms with E-state index in [4.69, 9.17) is 15.3 Å². The fraction of sp³-hybridized carbons (Fsp3) is 0.917. The summed E-state index contributed by atoms with van der Waals surface area (Å²) in [5.74, 6) is 6.33. The van der Waals surface area contributed by atoms with Crippen LogP contribution in [0.25, 0.3) is 0 Å². The number of methoxy groups -OCH3 is 1. The monoisotopic (exact) mass is 258 g/mol.